The van der Waals surface area contributed by atoms with Gasteiger partial charge in [0.05, 0.1) is 5.52 Å². The molecule has 0 unspecified atom stereocenters. The van der Waals surface area contributed by atoms with Gasteiger partial charge in [0.1, 0.15) is 9.21 Å². The summed E-state index contributed by atoms with van der Waals surface area (Å²) in [6, 6.07) is 10.3. The van der Waals surface area contributed by atoms with E-state index in [-0.39, 0.29) is 0 Å². The lowest BCUT2D eigenvalue weighted by Crippen LogP contribution is -1.78. The molecule has 2 aromatic heterocycles. The number of halogens is 2. The highest BCUT2D eigenvalue weighted by Crippen LogP contribution is 2.31. The molecule has 3 aromatic rings. The minimum Gasteiger partial charge on any atom is -0.352 e. The fourth-order valence-corrected chi connectivity index (χ4v) is 2.93. The monoisotopic (exact) mass is 324 g/mol. The molecule has 3 rings (SSSR count). The molecule has 0 saturated carbocycles. The molecule has 0 radical (unpaired) electrons. The zero-order valence-corrected chi connectivity index (χ0v) is 10.8. The standard InChI is InChI=1S/C11H6Br2N2/c12-9-5-7-6-3-1-2-4-8(6)14-10(7)11(13)15-9/h1-5,14H. The van der Waals surface area contributed by atoms with E-state index in [1.807, 2.05) is 18.2 Å². The van der Waals surface area contributed by atoms with Gasteiger partial charge in [0, 0.05) is 16.3 Å². The summed E-state index contributed by atoms with van der Waals surface area (Å²) in [5.74, 6) is 0. The molecule has 74 valence electrons. The second kappa shape index (κ2) is 3.32. The van der Waals surface area contributed by atoms with Crippen LogP contribution in [0, 0.1) is 0 Å². The first kappa shape index (κ1) is 9.36. The molecule has 1 aromatic carbocycles. The number of benzene rings is 1. The number of hydrogen-bond donors (Lipinski definition) is 1. The normalized spacial score (nSPS) is 11.3. The van der Waals surface area contributed by atoms with Gasteiger partial charge in [0.2, 0.25) is 0 Å². The average molecular weight is 326 g/mol. The summed E-state index contributed by atoms with van der Waals surface area (Å²) in [5.41, 5.74) is 2.17. The van der Waals surface area contributed by atoms with Gasteiger partial charge in [0.15, 0.2) is 0 Å². The first-order valence-electron chi connectivity index (χ1n) is 4.48. The van der Waals surface area contributed by atoms with Crippen LogP contribution in [0.3, 0.4) is 0 Å². The lowest BCUT2D eigenvalue weighted by atomic mass is 10.2. The highest BCUT2D eigenvalue weighted by Gasteiger charge is 2.08. The summed E-state index contributed by atoms with van der Waals surface area (Å²) in [4.78, 5) is 7.64. The second-order valence-electron chi connectivity index (χ2n) is 3.33. The van der Waals surface area contributed by atoms with Gasteiger partial charge in [0.25, 0.3) is 0 Å². The van der Waals surface area contributed by atoms with Crippen molar-refractivity contribution in [2.24, 2.45) is 0 Å². The van der Waals surface area contributed by atoms with Crippen LogP contribution >= 0.6 is 31.9 Å². The predicted octanol–water partition coefficient (Wildman–Crippen LogP) is 4.24. The van der Waals surface area contributed by atoms with Gasteiger partial charge < -0.3 is 4.98 Å². The van der Waals surface area contributed by atoms with Crippen molar-refractivity contribution in [2.75, 3.05) is 0 Å². The van der Waals surface area contributed by atoms with Crippen LogP contribution in [0.15, 0.2) is 39.5 Å². The molecular weight excluding hydrogens is 320 g/mol. The fourth-order valence-electron chi connectivity index (χ4n) is 1.78. The van der Waals surface area contributed by atoms with E-state index in [4.69, 9.17) is 0 Å². The van der Waals surface area contributed by atoms with E-state index in [0.717, 1.165) is 20.2 Å². The van der Waals surface area contributed by atoms with E-state index in [0.29, 0.717) is 0 Å². The summed E-state index contributed by atoms with van der Waals surface area (Å²) in [6.45, 7) is 0. The molecule has 4 heteroatoms. The van der Waals surface area contributed by atoms with Crippen LogP contribution in [-0.4, -0.2) is 9.97 Å². The molecule has 1 N–H and O–H groups in total. The number of nitrogens with zero attached hydrogens (tertiary/aromatic N) is 1. The lowest BCUT2D eigenvalue weighted by molar-refractivity contribution is 1.25. The highest BCUT2D eigenvalue weighted by molar-refractivity contribution is 9.11. The molecule has 0 atom stereocenters. The minimum atomic E-state index is 0.836. The number of fused-ring (bicyclic) bond motifs is 3. The maximum Gasteiger partial charge on any atom is 0.131 e. The van der Waals surface area contributed by atoms with Gasteiger partial charge in [-0.3, -0.25) is 0 Å². The number of rotatable bonds is 0. The van der Waals surface area contributed by atoms with E-state index in [1.165, 1.54) is 10.8 Å². The number of aromatic amines is 1. The molecule has 0 aliphatic carbocycles. The zero-order chi connectivity index (χ0) is 10.4. The zero-order valence-electron chi connectivity index (χ0n) is 7.59. The van der Waals surface area contributed by atoms with E-state index >= 15 is 0 Å². The van der Waals surface area contributed by atoms with Crippen LogP contribution in [0.4, 0.5) is 0 Å². The fraction of sp³-hybridized carbons (Fsp3) is 0. The molecule has 2 heterocycles. The van der Waals surface area contributed by atoms with Crippen molar-refractivity contribution in [3.8, 4) is 0 Å². The lowest BCUT2D eigenvalue weighted by Gasteiger charge is -1.95. The molecule has 0 fully saturated rings. The molecule has 0 saturated heterocycles. The first-order valence-corrected chi connectivity index (χ1v) is 6.07. The van der Waals surface area contributed by atoms with Gasteiger partial charge in [-0.05, 0) is 44.0 Å². The Morgan fingerprint density at radius 3 is 2.73 bits per heavy atom. The van der Waals surface area contributed by atoms with Crippen LogP contribution in [0.1, 0.15) is 0 Å². The maximum absolute atomic E-state index is 4.30. The summed E-state index contributed by atoms with van der Waals surface area (Å²) >= 11 is 6.85. The SMILES string of the molecule is Brc1cc2c([nH]c3ccccc32)c(Br)n1. The Kier molecular flexibility index (Phi) is 2.07. The molecule has 0 amide bonds. The predicted molar refractivity (Wildman–Crippen MR) is 69.0 cm³/mol. The molecule has 15 heavy (non-hydrogen) atoms. The number of nitrogens with one attached hydrogen (secondary N) is 1. The summed E-state index contributed by atoms with van der Waals surface area (Å²) < 4.78 is 1.68. The largest absolute Gasteiger partial charge is 0.352 e. The topological polar surface area (TPSA) is 28.7 Å². The Morgan fingerprint density at radius 1 is 1.07 bits per heavy atom. The van der Waals surface area contributed by atoms with Crippen molar-refractivity contribution < 1.29 is 0 Å². The van der Waals surface area contributed by atoms with Crippen molar-refractivity contribution in [1.29, 1.82) is 0 Å². The van der Waals surface area contributed by atoms with Crippen molar-refractivity contribution >= 4 is 53.7 Å². The molecule has 0 bridgehead atoms. The van der Waals surface area contributed by atoms with E-state index < -0.39 is 0 Å². The third-order valence-corrected chi connectivity index (χ3v) is 3.40. The summed E-state index contributed by atoms with van der Waals surface area (Å²) in [7, 11) is 0. The Morgan fingerprint density at radius 2 is 1.87 bits per heavy atom. The van der Waals surface area contributed by atoms with E-state index in [9.17, 15) is 0 Å². The van der Waals surface area contributed by atoms with Crippen LogP contribution in [-0.2, 0) is 0 Å². The maximum atomic E-state index is 4.30. The molecule has 0 spiro atoms. The van der Waals surface area contributed by atoms with Crippen molar-refractivity contribution in [3.63, 3.8) is 0 Å². The van der Waals surface area contributed by atoms with Gasteiger partial charge in [-0.25, -0.2) is 4.98 Å². The molecule has 2 nitrogen and oxygen atoms in total. The molecule has 0 aliphatic heterocycles. The van der Waals surface area contributed by atoms with Gasteiger partial charge in [-0.15, -0.1) is 0 Å². The van der Waals surface area contributed by atoms with Gasteiger partial charge >= 0.3 is 0 Å². The Labute approximate surface area is 103 Å². The second-order valence-corrected chi connectivity index (χ2v) is 4.89. The third-order valence-electron chi connectivity index (χ3n) is 2.42. The van der Waals surface area contributed by atoms with E-state index in [2.05, 4.69) is 54.0 Å². The number of aromatic nitrogens is 2. The van der Waals surface area contributed by atoms with Crippen molar-refractivity contribution in [3.05, 3.63) is 39.5 Å². The van der Waals surface area contributed by atoms with Crippen molar-refractivity contribution in [1.82, 2.24) is 9.97 Å². The Hall–Kier alpha value is -0.870. The van der Waals surface area contributed by atoms with Crippen LogP contribution in [0.25, 0.3) is 21.8 Å². The molecule has 0 aliphatic rings. The summed E-state index contributed by atoms with van der Waals surface area (Å²) in [6.07, 6.45) is 0. The van der Waals surface area contributed by atoms with Crippen LogP contribution < -0.4 is 0 Å². The Balaban J connectivity index is 2.61. The number of para-hydroxylation sites is 1. The highest BCUT2D eigenvalue weighted by atomic mass is 79.9. The number of H-pyrrole nitrogens is 1. The average Bonchev–Trinajstić information content (AvgIpc) is 2.57. The number of hydrogen-bond acceptors (Lipinski definition) is 1. The van der Waals surface area contributed by atoms with Crippen LogP contribution in [0.5, 0.6) is 0 Å². The van der Waals surface area contributed by atoms with E-state index in [1.54, 1.807) is 0 Å². The molecular formula is C11H6Br2N2. The Bertz CT molecular complexity index is 658. The third kappa shape index (κ3) is 1.40. The quantitative estimate of drug-likeness (QED) is 0.615. The smallest absolute Gasteiger partial charge is 0.131 e. The van der Waals surface area contributed by atoms with Gasteiger partial charge in [-0.2, -0.15) is 0 Å². The minimum absolute atomic E-state index is 0.836. The number of pyridine rings is 1. The summed E-state index contributed by atoms with van der Waals surface area (Å²) in [5, 5.41) is 2.40. The first-order chi connectivity index (χ1) is 7.25. The van der Waals surface area contributed by atoms with Gasteiger partial charge in [-0.1, -0.05) is 18.2 Å². The van der Waals surface area contributed by atoms with Crippen molar-refractivity contribution in [2.45, 2.75) is 0 Å². The van der Waals surface area contributed by atoms with Crippen LogP contribution in [0.2, 0.25) is 0 Å².